The Morgan fingerprint density at radius 3 is 2.53 bits per heavy atom. The van der Waals surface area contributed by atoms with Gasteiger partial charge >= 0.3 is 0 Å². The second-order valence-electron chi connectivity index (χ2n) is 3.25. The van der Waals surface area contributed by atoms with E-state index in [2.05, 4.69) is 5.32 Å². The number of benzene rings is 1. The van der Waals surface area contributed by atoms with Crippen LogP contribution in [0.15, 0.2) is 18.2 Å². The lowest BCUT2D eigenvalue weighted by Crippen LogP contribution is -2.23. The predicted octanol–water partition coefficient (Wildman–Crippen LogP) is 2.68. The summed E-state index contributed by atoms with van der Waals surface area (Å²) in [5, 5.41) is 3.94. The van der Waals surface area contributed by atoms with E-state index in [1.807, 2.05) is 25.1 Å². The summed E-state index contributed by atoms with van der Waals surface area (Å²) in [6.07, 6.45) is -0.245. The zero-order valence-electron chi connectivity index (χ0n) is 9.21. The summed E-state index contributed by atoms with van der Waals surface area (Å²) in [4.78, 5) is 0. The minimum Gasteiger partial charge on any atom is -0.380 e. The standard InChI is InChI=1S/C11H16ClNO2/c1-8-4-5-9(6-10(8)12)13-7-11(14-2)15-3/h4-6,11,13H,7H2,1-3H3. The van der Waals surface area contributed by atoms with Gasteiger partial charge < -0.3 is 14.8 Å². The number of halogens is 1. The van der Waals surface area contributed by atoms with Crippen LogP contribution in [-0.2, 0) is 9.47 Å². The highest BCUT2D eigenvalue weighted by Gasteiger charge is 2.04. The molecule has 0 fully saturated rings. The molecule has 1 rings (SSSR count). The van der Waals surface area contributed by atoms with E-state index in [0.717, 1.165) is 16.3 Å². The summed E-state index contributed by atoms with van der Waals surface area (Å²) in [6, 6.07) is 5.84. The van der Waals surface area contributed by atoms with Crippen molar-refractivity contribution in [1.82, 2.24) is 0 Å². The van der Waals surface area contributed by atoms with Crippen molar-refractivity contribution in [1.29, 1.82) is 0 Å². The van der Waals surface area contributed by atoms with Crippen LogP contribution < -0.4 is 5.32 Å². The van der Waals surface area contributed by atoms with E-state index in [1.165, 1.54) is 0 Å². The SMILES string of the molecule is COC(CNc1ccc(C)c(Cl)c1)OC. The van der Waals surface area contributed by atoms with E-state index in [0.29, 0.717) is 6.54 Å². The van der Waals surface area contributed by atoms with Crippen molar-refractivity contribution >= 4 is 17.3 Å². The molecule has 0 radical (unpaired) electrons. The van der Waals surface area contributed by atoms with Crippen LogP contribution in [0.5, 0.6) is 0 Å². The number of ether oxygens (including phenoxy) is 2. The molecule has 1 aromatic rings. The summed E-state index contributed by atoms with van der Waals surface area (Å²) >= 11 is 5.99. The average Bonchev–Trinajstić information content (AvgIpc) is 2.24. The highest BCUT2D eigenvalue weighted by molar-refractivity contribution is 6.31. The van der Waals surface area contributed by atoms with Gasteiger partial charge in [-0.2, -0.15) is 0 Å². The van der Waals surface area contributed by atoms with Gasteiger partial charge in [0, 0.05) is 24.9 Å². The van der Waals surface area contributed by atoms with Gasteiger partial charge in [0.2, 0.25) is 0 Å². The molecule has 0 aliphatic heterocycles. The van der Waals surface area contributed by atoms with Gasteiger partial charge in [-0.1, -0.05) is 17.7 Å². The van der Waals surface area contributed by atoms with Gasteiger partial charge in [-0.3, -0.25) is 0 Å². The largest absolute Gasteiger partial charge is 0.380 e. The fourth-order valence-electron chi connectivity index (χ4n) is 1.17. The Hall–Kier alpha value is -0.770. The molecular formula is C11H16ClNO2. The third-order valence-electron chi connectivity index (χ3n) is 2.17. The molecule has 0 heterocycles. The summed E-state index contributed by atoms with van der Waals surface area (Å²) in [7, 11) is 3.22. The third kappa shape index (κ3) is 3.70. The van der Waals surface area contributed by atoms with Crippen molar-refractivity contribution in [3.8, 4) is 0 Å². The number of anilines is 1. The normalized spacial score (nSPS) is 10.7. The Morgan fingerprint density at radius 2 is 2.00 bits per heavy atom. The van der Waals surface area contributed by atoms with Crippen LogP contribution in [0.2, 0.25) is 5.02 Å². The molecule has 84 valence electrons. The van der Waals surface area contributed by atoms with Crippen LogP contribution in [0.4, 0.5) is 5.69 Å². The Kier molecular flexibility index (Phi) is 4.88. The fraction of sp³-hybridized carbons (Fsp3) is 0.455. The molecule has 0 saturated heterocycles. The van der Waals surface area contributed by atoms with E-state index in [-0.39, 0.29) is 6.29 Å². The van der Waals surface area contributed by atoms with Crippen LogP contribution in [0, 0.1) is 6.92 Å². The van der Waals surface area contributed by atoms with Crippen molar-refractivity contribution in [2.45, 2.75) is 13.2 Å². The van der Waals surface area contributed by atoms with Gasteiger partial charge in [-0.25, -0.2) is 0 Å². The van der Waals surface area contributed by atoms with Gasteiger partial charge in [-0.15, -0.1) is 0 Å². The molecule has 0 saturated carbocycles. The van der Waals surface area contributed by atoms with E-state index >= 15 is 0 Å². The van der Waals surface area contributed by atoms with E-state index in [9.17, 15) is 0 Å². The maximum Gasteiger partial charge on any atom is 0.173 e. The molecule has 0 aliphatic carbocycles. The number of aryl methyl sites for hydroxylation is 1. The molecule has 0 aromatic heterocycles. The maximum absolute atomic E-state index is 5.99. The zero-order chi connectivity index (χ0) is 11.3. The molecular weight excluding hydrogens is 214 g/mol. The van der Waals surface area contributed by atoms with E-state index < -0.39 is 0 Å². The highest BCUT2D eigenvalue weighted by Crippen LogP contribution is 2.19. The van der Waals surface area contributed by atoms with E-state index in [1.54, 1.807) is 14.2 Å². The topological polar surface area (TPSA) is 30.5 Å². The first-order valence-corrected chi connectivity index (χ1v) is 5.10. The fourth-order valence-corrected chi connectivity index (χ4v) is 1.35. The second kappa shape index (κ2) is 5.95. The zero-order valence-corrected chi connectivity index (χ0v) is 9.97. The van der Waals surface area contributed by atoms with Gasteiger partial charge in [0.1, 0.15) is 0 Å². The maximum atomic E-state index is 5.99. The van der Waals surface area contributed by atoms with Crippen molar-refractivity contribution < 1.29 is 9.47 Å². The van der Waals surface area contributed by atoms with Crippen LogP contribution in [0.1, 0.15) is 5.56 Å². The molecule has 0 atom stereocenters. The monoisotopic (exact) mass is 229 g/mol. The molecule has 0 unspecified atom stereocenters. The van der Waals surface area contributed by atoms with Gasteiger partial charge in [0.05, 0.1) is 6.54 Å². The second-order valence-corrected chi connectivity index (χ2v) is 3.65. The van der Waals surface area contributed by atoms with Crippen molar-refractivity contribution in [2.75, 3.05) is 26.1 Å². The number of methoxy groups -OCH3 is 2. The Morgan fingerprint density at radius 1 is 1.33 bits per heavy atom. The summed E-state index contributed by atoms with van der Waals surface area (Å²) in [6.45, 7) is 2.56. The number of hydrogen-bond acceptors (Lipinski definition) is 3. The van der Waals surface area contributed by atoms with Crippen molar-refractivity contribution in [3.63, 3.8) is 0 Å². The Labute approximate surface area is 95.3 Å². The molecule has 15 heavy (non-hydrogen) atoms. The molecule has 0 spiro atoms. The number of hydrogen-bond donors (Lipinski definition) is 1. The van der Waals surface area contributed by atoms with Gasteiger partial charge in [0.25, 0.3) is 0 Å². The Balaban J connectivity index is 2.54. The first-order valence-electron chi connectivity index (χ1n) is 4.73. The summed E-state index contributed by atoms with van der Waals surface area (Å²) in [5.41, 5.74) is 2.03. The first kappa shape index (κ1) is 12.3. The van der Waals surface area contributed by atoms with Crippen molar-refractivity contribution in [3.05, 3.63) is 28.8 Å². The number of rotatable bonds is 5. The predicted molar refractivity (Wildman–Crippen MR) is 62.5 cm³/mol. The lowest BCUT2D eigenvalue weighted by atomic mass is 10.2. The molecule has 1 N–H and O–H groups in total. The third-order valence-corrected chi connectivity index (χ3v) is 2.58. The molecule has 0 amide bonds. The van der Waals surface area contributed by atoms with Crippen LogP contribution in [-0.4, -0.2) is 27.1 Å². The highest BCUT2D eigenvalue weighted by atomic mass is 35.5. The lowest BCUT2D eigenvalue weighted by molar-refractivity contribution is -0.0914. The smallest absolute Gasteiger partial charge is 0.173 e. The molecule has 3 nitrogen and oxygen atoms in total. The lowest BCUT2D eigenvalue weighted by Gasteiger charge is -2.15. The molecule has 4 heteroatoms. The Bertz CT molecular complexity index is 313. The first-order chi connectivity index (χ1) is 7.17. The van der Waals surface area contributed by atoms with Gasteiger partial charge in [0.15, 0.2) is 6.29 Å². The summed E-state index contributed by atoms with van der Waals surface area (Å²) < 4.78 is 10.1. The van der Waals surface area contributed by atoms with Crippen LogP contribution in [0.25, 0.3) is 0 Å². The van der Waals surface area contributed by atoms with Crippen molar-refractivity contribution in [2.24, 2.45) is 0 Å². The summed E-state index contributed by atoms with van der Waals surface area (Å²) in [5.74, 6) is 0. The quantitative estimate of drug-likeness (QED) is 0.788. The molecule has 0 aliphatic rings. The van der Waals surface area contributed by atoms with Crippen LogP contribution >= 0.6 is 11.6 Å². The molecule has 1 aromatic carbocycles. The van der Waals surface area contributed by atoms with Crippen LogP contribution in [0.3, 0.4) is 0 Å². The molecule has 0 bridgehead atoms. The number of nitrogens with one attached hydrogen (secondary N) is 1. The minimum absolute atomic E-state index is 0.245. The van der Waals surface area contributed by atoms with E-state index in [4.69, 9.17) is 21.1 Å². The minimum atomic E-state index is -0.245. The van der Waals surface area contributed by atoms with Gasteiger partial charge in [-0.05, 0) is 24.6 Å². The average molecular weight is 230 g/mol.